The van der Waals surface area contributed by atoms with Crippen LogP contribution in [-0.4, -0.2) is 16.4 Å². The van der Waals surface area contributed by atoms with Crippen LogP contribution in [0, 0.1) is 0 Å². The maximum absolute atomic E-state index is 8.56. The van der Waals surface area contributed by atoms with Gasteiger partial charge in [-0.2, -0.15) is 0 Å². The zero-order chi connectivity index (χ0) is 15.8. The van der Waals surface area contributed by atoms with E-state index < -0.39 is 6.16 Å². The number of hydrogen-bond donors (Lipinski definition) is 2. The van der Waals surface area contributed by atoms with E-state index in [0.717, 1.165) is 5.92 Å². The molecule has 0 heterocycles. The Morgan fingerprint density at radius 2 is 1.36 bits per heavy atom. The number of hydrogen-bond acceptors (Lipinski definition) is 1. The Morgan fingerprint density at radius 3 is 2.00 bits per heavy atom. The predicted molar refractivity (Wildman–Crippen MR) is 88.4 cm³/mol. The van der Waals surface area contributed by atoms with Crippen LogP contribution in [0.2, 0.25) is 0 Å². The van der Waals surface area contributed by atoms with Crippen molar-refractivity contribution >= 4 is 6.16 Å². The van der Waals surface area contributed by atoms with E-state index >= 15 is 0 Å². The van der Waals surface area contributed by atoms with Gasteiger partial charge in [0.1, 0.15) is 0 Å². The molecule has 2 N–H and O–H groups in total. The molecule has 2 aromatic carbocycles. The molecule has 0 bridgehead atoms. The van der Waals surface area contributed by atoms with Gasteiger partial charge in [0.25, 0.3) is 0 Å². The van der Waals surface area contributed by atoms with Crippen molar-refractivity contribution in [2.75, 3.05) is 0 Å². The van der Waals surface area contributed by atoms with Gasteiger partial charge in [-0.1, -0.05) is 73.9 Å². The lowest BCUT2D eigenvalue weighted by molar-refractivity contribution is 0.137. The van der Waals surface area contributed by atoms with E-state index in [-0.39, 0.29) is 0 Å². The highest BCUT2D eigenvalue weighted by Gasteiger charge is 2.18. The zero-order valence-electron chi connectivity index (χ0n) is 12.6. The number of rotatable bonds is 2. The molecule has 3 rings (SSSR count). The number of carboxylic acid groups (broad SMARTS) is 2. The molecule has 0 aliphatic heterocycles. The van der Waals surface area contributed by atoms with Gasteiger partial charge in [0.15, 0.2) is 0 Å². The SMILES string of the molecule is O=C(O)O.c1ccc(-c2ccccc2C2CCCCC2)cc1. The quantitative estimate of drug-likeness (QED) is 0.756. The van der Waals surface area contributed by atoms with Gasteiger partial charge in [-0.15, -0.1) is 0 Å². The summed E-state index contributed by atoms with van der Waals surface area (Å²) < 4.78 is 0. The van der Waals surface area contributed by atoms with Crippen LogP contribution >= 0.6 is 0 Å². The Kier molecular flexibility index (Phi) is 6.01. The minimum atomic E-state index is -1.83. The Labute approximate surface area is 131 Å². The number of benzene rings is 2. The Bertz CT molecular complexity index is 583. The van der Waals surface area contributed by atoms with Crippen molar-refractivity contribution in [1.29, 1.82) is 0 Å². The third-order valence-corrected chi connectivity index (χ3v) is 4.09. The number of carbonyl (C=O) groups is 1. The summed E-state index contributed by atoms with van der Waals surface area (Å²) in [5.41, 5.74) is 4.35. The molecule has 116 valence electrons. The lowest BCUT2D eigenvalue weighted by Crippen LogP contribution is -2.05. The largest absolute Gasteiger partial charge is 0.503 e. The van der Waals surface area contributed by atoms with Crippen LogP contribution in [0.25, 0.3) is 11.1 Å². The monoisotopic (exact) mass is 298 g/mol. The molecule has 1 fully saturated rings. The van der Waals surface area contributed by atoms with Gasteiger partial charge in [-0.3, -0.25) is 0 Å². The summed E-state index contributed by atoms with van der Waals surface area (Å²) in [5, 5.41) is 13.9. The molecule has 0 saturated heterocycles. The summed E-state index contributed by atoms with van der Waals surface area (Å²) in [7, 11) is 0. The maximum atomic E-state index is 8.56. The maximum Gasteiger partial charge on any atom is 0.503 e. The van der Waals surface area contributed by atoms with Gasteiger partial charge >= 0.3 is 6.16 Å². The van der Waals surface area contributed by atoms with Crippen LogP contribution in [0.3, 0.4) is 0 Å². The second kappa shape index (κ2) is 8.23. The molecule has 2 aromatic rings. The molecule has 3 heteroatoms. The lowest BCUT2D eigenvalue weighted by atomic mass is 9.81. The van der Waals surface area contributed by atoms with E-state index in [2.05, 4.69) is 54.6 Å². The van der Waals surface area contributed by atoms with Crippen molar-refractivity contribution in [2.45, 2.75) is 38.0 Å². The highest BCUT2D eigenvalue weighted by atomic mass is 16.6. The summed E-state index contributed by atoms with van der Waals surface area (Å²) in [4.78, 5) is 8.56. The molecular formula is C19H22O3. The van der Waals surface area contributed by atoms with Crippen LogP contribution in [0.1, 0.15) is 43.6 Å². The molecule has 0 unspecified atom stereocenters. The van der Waals surface area contributed by atoms with Crippen molar-refractivity contribution in [1.82, 2.24) is 0 Å². The Morgan fingerprint density at radius 1 is 0.818 bits per heavy atom. The van der Waals surface area contributed by atoms with Gasteiger partial charge in [-0.25, -0.2) is 4.79 Å². The molecule has 0 aromatic heterocycles. The molecule has 0 radical (unpaired) electrons. The van der Waals surface area contributed by atoms with E-state index in [1.54, 1.807) is 5.56 Å². The van der Waals surface area contributed by atoms with Gasteiger partial charge in [0.05, 0.1) is 0 Å². The molecule has 22 heavy (non-hydrogen) atoms. The van der Waals surface area contributed by atoms with Crippen molar-refractivity contribution in [3.05, 3.63) is 60.2 Å². The standard InChI is InChI=1S/C18H20.CH2O3/c1-3-9-15(10-4-1)17-13-7-8-14-18(17)16-11-5-2-6-12-16;2-1(3)4/h1,3-4,7-10,13-14,16H,2,5-6,11-12H2;(H2,2,3,4). The van der Waals surface area contributed by atoms with Gasteiger partial charge in [-0.05, 0) is 35.4 Å². The normalized spacial score (nSPS) is 14.7. The minimum Gasteiger partial charge on any atom is -0.450 e. The molecule has 1 aliphatic rings. The third-order valence-electron chi connectivity index (χ3n) is 4.09. The fourth-order valence-electron chi connectivity index (χ4n) is 3.15. The van der Waals surface area contributed by atoms with E-state index in [1.165, 1.54) is 43.2 Å². The second-order valence-corrected chi connectivity index (χ2v) is 5.57. The fraction of sp³-hybridized carbons (Fsp3) is 0.316. The van der Waals surface area contributed by atoms with E-state index in [0.29, 0.717) is 0 Å². The summed E-state index contributed by atoms with van der Waals surface area (Å²) in [5.74, 6) is 0.773. The summed E-state index contributed by atoms with van der Waals surface area (Å²) in [6, 6.07) is 19.8. The van der Waals surface area contributed by atoms with Crippen LogP contribution in [0.15, 0.2) is 54.6 Å². The average molecular weight is 298 g/mol. The van der Waals surface area contributed by atoms with Crippen molar-refractivity contribution < 1.29 is 15.0 Å². The predicted octanol–water partition coefficient (Wildman–Crippen LogP) is 5.62. The molecule has 1 aliphatic carbocycles. The molecule has 0 amide bonds. The topological polar surface area (TPSA) is 57.5 Å². The van der Waals surface area contributed by atoms with Crippen molar-refractivity contribution in [3.63, 3.8) is 0 Å². The molecule has 0 spiro atoms. The summed E-state index contributed by atoms with van der Waals surface area (Å²) in [6.45, 7) is 0. The second-order valence-electron chi connectivity index (χ2n) is 5.57. The summed E-state index contributed by atoms with van der Waals surface area (Å²) in [6.07, 6.45) is 5.11. The van der Waals surface area contributed by atoms with Gasteiger partial charge in [0.2, 0.25) is 0 Å². The molecule has 3 nitrogen and oxygen atoms in total. The fourth-order valence-corrected chi connectivity index (χ4v) is 3.15. The van der Waals surface area contributed by atoms with Crippen LogP contribution < -0.4 is 0 Å². The van der Waals surface area contributed by atoms with E-state index in [4.69, 9.17) is 15.0 Å². The molecule has 0 atom stereocenters. The Balaban J connectivity index is 0.000000396. The first kappa shape index (κ1) is 16.1. The first-order valence-corrected chi connectivity index (χ1v) is 7.74. The highest BCUT2D eigenvalue weighted by Crippen LogP contribution is 2.37. The minimum absolute atomic E-state index is 0.773. The van der Waals surface area contributed by atoms with Crippen molar-refractivity contribution in [2.24, 2.45) is 0 Å². The first-order valence-electron chi connectivity index (χ1n) is 7.74. The van der Waals surface area contributed by atoms with Gasteiger partial charge in [0, 0.05) is 0 Å². The molecular weight excluding hydrogens is 276 g/mol. The van der Waals surface area contributed by atoms with E-state index in [1.807, 2.05) is 0 Å². The Hall–Kier alpha value is -2.29. The highest BCUT2D eigenvalue weighted by molar-refractivity contribution is 5.68. The first-order chi connectivity index (χ1) is 10.7. The molecule has 1 saturated carbocycles. The summed E-state index contributed by atoms with van der Waals surface area (Å²) >= 11 is 0. The zero-order valence-corrected chi connectivity index (χ0v) is 12.6. The third kappa shape index (κ3) is 4.62. The van der Waals surface area contributed by atoms with Gasteiger partial charge < -0.3 is 10.2 Å². The van der Waals surface area contributed by atoms with Crippen LogP contribution in [0.5, 0.6) is 0 Å². The van der Waals surface area contributed by atoms with Crippen molar-refractivity contribution in [3.8, 4) is 11.1 Å². The average Bonchev–Trinajstić information content (AvgIpc) is 2.56. The smallest absolute Gasteiger partial charge is 0.450 e. The lowest BCUT2D eigenvalue weighted by Gasteiger charge is -2.24. The van der Waals surface area contributed by atoms with Crippen LogP contribution in [0.4, 0.5) is 4.79 Å². The van der Waals surface area contributed by atoms with Crippen LogP contribution in [-0.2, 0) is 0 Å². The van der Waals surface area contributed by atoms with E-state index in [9.17, 15) is 0 Å².